The highest BCUT2D eigenvalue weighted by atomic mass is 79.9. The fourth-order valence-corrected chi connectivity index (χ4v) is 5.16. The number of thiophene rings is 1. The summed E-state index contributed by atoms with van der Waals surface area (Å²) in [5.41, 5.74) is 6.42. The maximum atomic E-state index is 11.8. The van der Waals surface area contributed by atoms with Gasteiger partial charge in [0.05, 0.1) is 6.04 Å². The zero-order valence-electron chi connectivity index (χ0n) is 12.3. The number of carbonyl (C=O) groups is 1. The van der Waals surface area contributed by atoms with Gasteiger partial charge in [0.2, 0.25) is 5.91 Å². The standard InChI is InChI=1S/C15H22BrN3OS/c1-2-12(17)15(13-7-10(16)9-21-13)18-5-6-19-11(8-18)3-4-14(19)20/h7,9,11-12,15H,2-6,8,17H2,1H3. The van der Waals surface area contributed by atoms with Crippen LogP contribution >= 0.6 is 27.3 Å². The smallest absolute Gasteiger partial charge is 0.222 e. The summed E-state index contributed by atoms with van der Waals surface area (Å²) in [6, 6.07) is 2.99. The van der Waals surface area contributed by atoms with Gasteiger partial charge in [-0.15, -0.1) is 11.3 Å². The predicted octanol–water partition coefficient (Wildman–Crippen LogP) is 2.60. The maximum absolute atomic E-state index is 11.8. The van der Waals surface area contributed by atoms with Gasteiger partial charge in [0.1, 0.15) is 0 Å². The van der Waals surface area contributed by atoms with Gasteiger partial charge < -0.3 is 10.6 Å². The zero-order chi connectivity index (χ0) is 15.0. The van der Waals surface area contributed by atoms with E-state index < -0.39 is 0 Å². The van der Waals surface area contributed by atoms with Crippen LogP contribution in [0.5, 0.6) is 0 Å². The van der Waals surface area contributed by atoms with Crippen molar-refractivity contribution in [3.8, 4) is 0 Å². The molecular formula is C15H22BrN3OS. The molecule has 3 unspecified atom stereocenters. The third-order valence-electron chi connectivity index (χ3n) is 4.68. The van der Waals surface area contributed by atoms with Crippen molar-refractivity contribution in [2.24, 2.45) is 5.73 Å². The molecule has 2 N–H and O–H groups in total. The molecule has 0 spiro atoms. The van der Waals surface area contributed by atoms with Crippen LogP contribution in [0.2, 0.25) is 0 Å². The van der Waals surface area contributed by atoms with Crippen molar-refractivity contribution >= 4 is 33.2 Å². The summed E-state index contributed by atoms with van der Waals surface area (Å²) in [5, 5.41) is 2.13. The molecule has 0 aliphatic carbocycles. The van der Waals surface area contributed by atoms with Gasteiger partial charge in [0, 0.05) is 52.9 Å². The summed E-state index contributed by atoms with van der Waals surface area (Å²) in [5.74, 6) is 0.329. The van der Waals surface area contributed by atoms with Crippen molar-refractivity contribution in [2.45, 2.75) is 44.3 Å². The van der Waals surface area contributed by atoms with E-state index in [4.69, 9.17) is 5.73 Å². The van der Waals surface area contributed by atoms with Crippen LogP contribution < -0.4 is 5.73 Å². The Labute approximate surface area is 138 Å². The molecule has 0 radical (unpaired) electrons. The van der Waals surface area contributed by atoms with E-state index in [1.54, 1.807) is 11.3 Å². The van der Waals surface area contributed by atoms with Crippen LogP contribution in [0.3, 0.4) is 0 Å². The van der Waals surface area contributed by atoms with E-state index >= 15 is 0 Å². The summed E-state index contributed by atoms with van der Waals surface area (Å²) in [7, 11) is 0. The molecule has 3 atom stereocenters. The molecule has 6 heteroatoms. The number of piperazine rings is 1. The van der Waals surface area contributed by atoms with Crippen molar-refractivity contribution in [3.05, 3.63) is 20.8 Å². The summed E-state index contributed by atoms with van der Waals surface area (Å²) in [6.45, 7) is 4.88. The second-order valence-electron chi connectivity index (χ2n) is 5.96. The number of nitrogens with zero attached hydrogens (tertiary/aromatic N) is 2. The molecule has 3 heterocycles. The average molecular weight is 372 g/mol. The number of hydrogen-bond donors (Lipinski definition) is 1. The number of hydrogen-bond acceptors (Lipinski definition) is 4. The van der Waals surface area contributed by atoms with Crippen LogP contribution in [0.15, 0.2) is 15.9 Å². The van der Waals surface area contributed by atoms with Gasteiger partial charge in [-0.1, -0.05) is 6.92 Å². The summed E-state index contributed by atoms with van der Waals surface area (Å²) in [6.07, 6.45) is 2.68. The second-order valence-corrected chi connectivity index (χ2v) is 7.82. The van der Waals surface area contributed by atoms with E-state index in [-0.39, 0.29) is 12.1 Å². The van der Waals surface area contributed by atoms with E-state index in [1.807, 2.05) is 0 Å². The molecule has 3 rings (SSSR count). The molecule has 0 bridgehead atoms. The number of nitrogens with two attached hydrogens (primary N) is 1. The first-order valence-electron chi connectivity index (χ1n) is 7.63. The monoisotopic (exact) mass is 371 g/mol. The van der Waals surface area contributed by atoms with Crippen molar-refractivity contribution < 1.29 is 4.79 Å². The Morgan fingerprint density at radius 3 is 3.00 bits per heavy atom. The lowest BCUT2D eigenvalue weighted by Crippen LogP contribution is -2.54. The van der Waals surface area contributed by atoms with E-state index in [9.17, 15) is 4.79 Å². The lowest BCUT2D eigenvalue weighted by molar-refractivity contribution is -0.131. The molecule has 0 aromatic carbocycles. The van der Waals surface area contributed by atoms with Gasteiger partial charge in [-0.25, -0.2) is 0 Å². The Bertz CT molecular complexity index is 521. The minimum Gasteiger partial charge on any atom is -0.337 e. The highest BCUT2D eigenvalue weighted by Gasteiger charge is 2.39. The van der Waals surface area contributed by atoms with Gasteiger partial charge >= 0.3 is 0 Å². The highest BCUT2D eigenvalue weighted by Crippen LogP contribution is 2.35. The third-order valence-corrected chi connectivity index (χ3v) is 6.44. The molecule has 2 aliphatic rings. The zero-order valence-corrected chi connectivity index (χ0v) is 14.7. The lowest BCUT2D eigenvalue weighted by Gasteiger charge is -2.43. The van der Waals surface area contributed by atoms with Crippen LogP contribution in [0.4, 0.5) is 0 Å². The Hall–Kier alpha value is -0.430. The van der Waals surface area contributed by atoms with Gasteiger partial charge in [0.15, 0.2) is 0 Å². The third kappa shape index (κ3) is 3.04. The van der Waals surface area contributed by atoms with Crippen molar-refractivity contribution in [3.63, 3.8) is 0 Å². The topological polar surface area (TPSA) is 49.6 Å². The van der Waals surface area contributed by atoms with Crippen LogP contribution in [-0.2, 0) is 4.79 Å². The first kappa shape index (κ1) is 15.5. The van der Waals surface area contributed by atoms with Crippen LogP contribution in [0.25, 0.3) is 0 Å². The minimum absolute atomic E-state index is 0.138. The van der Waals surface area contributed by atoms with Gasteiger partial charge in [-0.3, -0.25) is 9.69 Å². The molecule has 1 amide bonds. The molecule has 21 heavy (non-hydrogen) atoms. The molecule has 1 aromatic rings. The van der Waals surface area contributed by atoms with E-state index in [0.717, 1.165) is 36.9 Å². The van der Waals surface area contributed by atoms with E-state index in [0.29, 0.717) is 18.4 Å². The minimum atomic E-state index is 0.138. The lowest BCUT2D eigenvalue weighted by atomic mass is 10.0. The fourth-order valence-electron chi connectivity index (χ4n) is 3.51. The van der Waals surface area contributed by atoms with Gasteiger partial charge in [-0.2, -0.15) is 0 Å². The predicted molar refractivity (Wildman–Crippen MR) is 89.3 cm³/mol. The van der Waals surface area contributed by atoms with Crippen LogP contribution in [0.1, 0.15) is 37.1 Å². The molecule has 4 nitrogen and oxygen atoms in total. The number of carbonyl (C=O) groups excluding carboxylic acids is 1. The highest BCUT2D eigenvalue weighted by molar-refractivity contribution is 9.10. The largest absolute Gasteiger partial charge is 0.337 e. The molecule has 2 fully saturated rings. The Morgan fingerprint density at radius 1 is 1.52 bits per heavy atom. The van der Waals surface area contributed by atoms with Crippen molar-refractivity contribution in [1.29, 1.82) is 0 Å². The van der Waals surface area contributed by atoms with Crippen LogP contribution in [0, 0.1) is 0 Å². The second kappa shape index (κ2) is 6.36. The SMILES string of the molecule is CCC(N)C(c1cc(Br)cs1)N1CCN2C(=O)CCC2C1. The molecule has 116 valence electrons. The number of rotatable bonds is 4. The molecule has 1 aromatic heterocycles. The Balaban J connectivity index is 1.79. The van der Waals surface area contributed by atoms with Gasteiger partial charge in [-0.05, 0) is 34.8 Å². The van der Waals surface area contributed by atoms with Gasteiger partial charge in [0.25, 0.3) is 0 Å². The van der Waals surface area contributed by atoms with Crippen LogP contribution in [-0.4, -0.2) is 47.4 Å². The average Bonchev–Trinajstić information content (AvgIpc) is 3.06. The molecular weight excluding hydrogens is 350 g/mol. The Morgan fingerprint density at radius 2 is 2.33 bits per heavy atom. The molecule has 0 saturated carbocycles. The first-order valence-corrected chi connectivity index (χ1v) is 9.30. The summed E-state index contributed by atoms with van der Waals surface area (Å²) >= 11 is 5.32. The normalized spacial score (nSPS) is 26.0. The fraction of sp³-hybridized carbons (Fsp3) is 0.667. The first-order chi connectivity index (χ1) is 10.1. The number of fused-ring (bicyclic) bond motifs is 1. The number of halogens is 1. The quantitative estimate of drug-likeness (QED) is 0.884. The van der Waals surface area contributed by atoms with E-state index in [2.05, 4.69) is 44.1 Å². The van der Waals surface area contributed by atoms with Crippen molar-refractivity contribution in [2.75, 3.05) is 19.6 Å². The number of amides is 1. The summed E-state index contributed by atoms with van der Waals surface area (Å²) < 4.78 is 1.13. The molecule has 2 saturated heterocycles. The maximum Gasteiger partial charge on any atom is 0.222 e. The summed E-state index contributed by atoms with van der Waals surface area (Å²) in [4.78, 5) is 17.7. The molecule has 2 aliphatic heterocycles. The Kier molecular flexibility index (Phi) is 4.69. The van der Waals surface area contributed by atoms with Crippen molar-refractivity contribution in [1.82, 2.24) is 9.80 Å². The van der Waals surface area contributed by atoms with E-state index in [1.165, 1.54) is 4.88 Å².